The minimum absolute atomic E-state index is 0.165. The zero-order chi connectivity index (χ0) is 12.4. The third kappa shape index (κ3) is 5.46. The van der Waals surface area contributed by atoms with Gasteiger partial charge >= 0.3 is 0 Å². The van der Waals surface area contributed by atoms with Crippen LogP contribution >= 0.6 is 0 Å². The molecule has 0 atom stereocenters. The summed E-state index contributed by atoms with van der Waals surface area (Å²) >= 11 is 0. The Balaban J connectivity index is 0.00000106. The van der Waals surface area contributed by atoms with E-state index in [-0.39, 0.29) is 5.91 Å². The maximum atomic E-state index is 11.4. The van der Waals surface area contributed by atoms with Crippen molar-refractivity contribution in [3.05, 3.63) is 29.6 Å². The van der Waals surface area contributed by atoms with E-state index in [0.717, 1.165) is 5.56 Å². The van der Waals surface area contributed by atoms with Crippen LogP contribution in [0.1, 0.15) is 29.9 Å². The van der Waals surface area contributed by atoms with E-state index < -0.39 is 0 Å². The van der Waals surface area contributed by atoms with Crippen molar-refractivity contribution in [3.8, 4) is 0 Å². The summed E-state index contributed by atoms with van der Waals surface area (Å²) in [6.07, 6.45) is 1.67. The van der Waals surface area contributed by atoms with E-state index in [1.54, 1.807) is 19.4 Å². The minimum Gasteiger partial charge on any atom is -0.383 e. The normalized spacial score (nSPS) is 9.00. The SMILES string of the molecule is CC.COCCNC(=O)c1ccc(C)cn1. The zero-order valence-electron chi connectivity index (χ0n) is 10.4. The van der Waals surface area contributed by atoms with Crippen molar-refractivity contribution >= 4 is 5.91 Å². The first kappa shape index (κ1) is 14.6. The minimum atomic E-state index is -0.165. The number of aryl methyl sites for hydroxylation is 1. The van der Waals surface area contributed by atoms with Crippen molar-refractivity contribution < 1.29 is 9.53 Å². The Hall–Kier alpha value is -1.42. The first-order valence-corrected chi connectivity index (χ1v) is 5.44. The van der Waals surface area contributed by atoms with Gasteiger partial charge in [-0.15, -0.1) is 0 Å². The summed E-state index contributed by atoms with van der Waals surface area (Å²) in [5.74, 6) is -0.165. The van der Waals surface area contributed by atoms with Crippen LogP contribution in [-0.2, 0) is 4.74 Å². The molecular formula is C12H20N2O2. The topological polar surface area (TPSA) is 51.2 Å². The van der Waals surface area contributed by atoms with Gasteiger partial charge in [0.15, 0.2) is 0 Å². The summed E-state index contributed by atoms with van der Waals surface area (Å²) in [6, 6.07) is 3.57. The predicted molar refractivity (Wildman–Crippen MR) is 64.5 cm³/mol. The van der Waals surface area contributed by atoms with Crippen LogP contribution in [0.5, 0.6) is 0 Å². The van der Waals surface area contributed by atoms with Crippen molar-refractivity contribution in [2.75, 3.05) is 20.3 Å². The molecule has 0 saturated heterocycles. The fourth-order valence-corrected chi connectivity index (χ4v) is 0.959. The molecule has 1 aromatic heterocycles. The van der Waals surface area contributed by atoms with Gasteiger partial charge in [-0.25, -0.2) is 0 Å². The molecule has 1 aromatic rings. The summed E-state index contributed by atoms with van der Waals surface area (Å²) in [6.45, 7) is 6.95. The zero-order valence-corrected chi connectivity index (χ0v) is 10.4. The smallest absolute Gasteiger partial charge is 0.269 e. The molecule has 1 amide bonds. The molecule has 4 nitrogen and oxygen atoms in total. The van der Waals surface area contributed by atoms with Crippen molar-refractivity contribution in [2.24, 2.45) is 0 Å². The van der Waals surface area contributed by atoms with Crippen molar-refractivity contribution in [1.29, 1.82) is 0 Å². The third-order valence-corrected chi connectivity index (χ3v) is 1.74. The molecule has 4 heteroatoms. The van der Waals surface area contributed by atoms with Gasteiger partial charge in [-0.1, -0.05) is 19.9 Å². The Morgan fingerprint density at radius 2 is 2.12 bits per heavy atom. The number of aromatic nitrogens is 1. The van der Waals surface area contributed by atoms with Gasteiger partial charge in [-0.2, -0.15) is 0 Å². The van der Waals surface area contributed by atoms with E-state index >= 15 is 0 Å². The number of methoxy groups -OCH3 is 1. The molecule has 0 radical (unpaired) electrons. The molecule has 1 rings (SSSR count). The molecule has 0 saturated carbocycles. The first-order chi connectivity index (χ1) is 7.74. The van der Waals surface area contributed by atoms with E-state index in [9.17, 15) is 4.79 Å². The molecule has 0 aliphatic rings. The maximum Gasteiger partial charge on any atom is 0.269 e. The van der Waals surface area contributed by atoms with Crippen LogP contribution in [0.15, 0.2) is 18.3 Å². The van der Waals surface area contributed by atoms with Crippen molar-refractivity contribution in [3.63, 3.8) is 0 Å². The quantitative estimate of drug-likeness (QED) is 0.793. The van der Waals surface area contributed by atoms with Gasteiger partial charge < -0.3 is 10.1 Å². The van der Waals surface area contributed by atoms with E-state index in [2.05, 4.69) is 10.3 Å². The first-order valence-electron chi connectivity index (χ1n) is 5.44. The lowest BCUT2D eigenvalue weighted by atomic mass is 10.2. The average Bonchev–Trinajstić information content (AvgIpc) is 2.33. The molecule has 0 aliphatic carbocycles. The van der Waals surface area contributed by atoms with E-state index in [0.29, 0.717) is 18.8 Å². The number of nitrogens with one attached hydrogen (secondary N) is 1. The summed E-state index contributed by atoms with van der Waals surface area (Å²) in [7, 11) is 1.59. The fourth-order valence-electron chi connectivity index (χ4n) is 0.959. The third-order valence-electron chi connectivity index (χ3n) is 1.74. The largest absolute Gasteiger partial charge is 0.383 e. The summed E-state index contributed by atoms with van der Waals surface area (Å²) < 4.78 is 4.81. The van der Waals surface area contributed by atoms with Gasteiger partial charge in [0.1, 0.15) is 5.69 Å². The van der Waals surface area contributed by atoms with Gasteiger partial charge in [-0.3, -0.25) is 9.78 Å². The van der Waals surface area contributed by atoms with Gasteiger partial charge in [0.05, 0.1) is 6.61 Å². The highest BCUT2D eigenvalue weighted by atomic mass is 16.5. The second kappa shape index (κ2) is 8.85. The molecule has 0 fully saturated rings. The molecule has 0 aliphatic heterocycles. The molecule has 1 heterocycles. The number of ether oxygens (including phenoxy) is 1. The molecule has 1 N–H and O–H groups in total. The monoisotopic (exact) mass is 224 g/mol. The highest BCUT2D eigenvalue weighted by molar-refractivity contribution is 5.92. The Bertz CT molecular complexity index is 296. The Kier molecular flexibility index (Phi) is 8.07. The highest BCUT2D eigenvalue weighted by Crippen LogP contribution is 1.97. The second-order valence-electron chi connectivity index (χ2n) is 2.97. The number of rotatable bonds is 4. The number of hydrogen-bond acceptors (Lipinski definition) is 3. The van der Waals surface area contributed by atoms with Crippen LogP contribution in [0.2, 0.25) is 0 Å². The number of carbonyl (C=O) groups excluding carboxylic acids is 1. The molecule has 0 aromatic carbocycles. The summed E-state index contributed by atoms with van der Waals surface area (Å²) in [5.41, 5.74) is 1.48. The summed E-state index contributed by atoms with van der Waals surface area (Å²) in [4.78, 5) is 15.4. The molecule has 0 bridgehead atoms. The van der Waals surface area contributed by atoms with Gasteiger partial charge in [0, 0.05) is 19.9 Å². The fraction of sp³-hybridized carbons (Fsp3) is 0.500. The van der Waals surface area contributed by atoms with Crippen molar-refractivity contribution in [1.82, 2.24) is 10.3 Å². The molecule has 0 spiro atoms. The van der Waals surface area contributed by atoms with Crippen LogP contribution in [0.25, 0.3) is 0 Å². The Morgan fingerprint density at radius 3 is 2.62 bits per heavy atom. The lowest BCUT2D eigenvalue weighted by Gasteiger charge is -2.03. The van der Waals surface area contributed by atoms with Crippen LogP contribution in [-0.4, -0.2) is 31.2 Å². The molecule has 0 unspecified atom stereocenters. The summed E-state index contributed by atoms with van der Waals surface area (Å²) in [5, 5.41) is 2.69. The van der Waals surface area contributed by atoms with E-state index in [1.165, 1.54) is 0 Å². The maximum absolute atomic E-state index is 11.4. The van der Waals surface area contributed by atoms with Crippen LogP contribution in [0.3, 0.4) is 0 Å². The molecule has 90 valence electrons. The van der Waals surface area contributed by atoms with Gasteiger partial charge in [-0.05, 0) is 18.6 Å². The standard InChI is InChI=1S/C10H14N2O2.C2H6/c1-8-3-4-9(12-7-8)10(13)11-5-6-14-2;1-2/h3-4,7H,5-6H2,1-2H3,(H,11,13);1-2H3. The van der Waals surface area contributed by atoms with Crippen molar-refractivity contribution in [2.45, 2.75) is 20.8 Å². The Morgan fingerprint density at radius 1 is 1.44 bits per heavy atom. The number of nitrogens with zero attached hydrogens (tertiary/aromatic N) is 1. The van der Waals surface area contributed by atoms with E-state index in [1.807, 2.05) is 26.8 Å². The average molecular weight is 224 g/mol. The molecule has 16 heavy (non-hydrogen) atoms. The number of carbonyl (C=O) groups is 1. The number of hydrogen-bond donors (Lipinski definition) is 1. The Labute approximate surface area is 97.0 Å². The van der Waals surface area contributed by atoms with Gasteiger partial charge in [0.2, 0.25) is 0 Å². The van der Waals surface area contributed by atoms with Crippen LogP contribution in [0, 0.1) is 6.92 Å². The number of pyridine rings is 1. The molecular weight excluding hydrogens is 204 g/mol. The second-order valence-corrected chi connectivity index (χ2v) is 2.97. The van der Waals surface area contributed by atoms with Crippen LogP contribution < -0.4 is 5.32 Å². The highest BCUT2D eigenvalue weighted by Gasteiger charge is 2.04. The van der Waals surface area contributed by atoms with E-state index in [4.69, 9.17) is 4.74 Å². The van der Waals surface area contributed by atoms with Crippen LogP contribution in [0.4, 0.5) is 0 Å². The predicted octanol–water partition coefficient (Wildman–Crippen LogP) is 1.79. The number of amides is 1. The lowest BCUT2D eigenvalue weighted by Crippen LogP contribution is -2.27. The van der Waals surface area contributed by atoms with Gasteiger partial charge in [0.25, 0.3) is 5.91 Å². The lowest BCUT2D eigenvalue weighted by molar-refractivity contribution is 0.0932.